The summed E-state index contributed by atoms with van der Waals surface area (Å²) in [5.74, 6) is -0.427. The largest absolute Gasteiger partial charge is 0.465 e. The zero-order chi connectivity index (χ0) is 19.8. The van der Waals surface area contributed by atoms with Crippen LogP contribution in [0.25, 0.3) is 0 Å². The Labute approximate surface area is 164 Å². The number of para-hydroxylation sites is 2. The number of carbonyl (C=O) groups excluding carboxylic acids is 2. The number of hydrogen-bond acceptors (Lipinski definition) is 6. The molecule has 0 saturated carbocycles. The highest BCUT2D eigenvalue weighted by atomic mass is 16.5. The molecule has 0 radical (unpaired) electrons. The summed E-state index contributed by atoms with van der Waals surface area (Å²) in [6.45, 7) is 3.51. The van der Waals surface area contributed by atoms with Crippen LogP contribution >= 0.6 is 0 Å². The number of amides is 1. The summed E-state index contributed by atoms with van der Waals surface area (Å²) in [5, 5.41) is 6.19. The van der Waals surface area contributed by atoms with Crippen LogP contribution in [0.2, 0.25) is 0 Å². The Morgan fingerprint density at radius 2 is 1.79 bits per heavy atom. The van der Waals surface area contributed by atoms with Crippen molar-refractivity contribution in [3.8, 4) is 0 Å². The number of nitrogens with one attached hydrogen (secondary N) is 2. The lowest BCUT2D eigenvalue weighted by atomic mass is 10.2. The van der Waals surface area contributed by atoms with E-state index in [-0.39, 0.29) is 11.9 Å². The van der Waals surface area contributed by atoms with Gasteiger partial charge in [-0.05, 0) is 36.4 Å². The van der Waals surface area contributed by atoms with Crippen LogP contribution in [0.15, 0.2) is 48.5 Å². The van der Waals surface area contributed by atoms with Crippen LogP contribution in [0.1, 0.15) is 16.8 Å². The van der Waals surface area contributed by atoms with Gasteiger partial charge in [0.15, 0.2) is 0 Å². The van der Waals surface area contributed by atoms with Crippen molar-refractivity contribution in [2.45, 2.75) is 6.42 Å². The summed E-state index contributed by atoms with van der Waals surface area (Å²) in [4.78, 5) is 26.0. The zero-order valence-corrected chi connectivity index (χ0v) is 15.9. The van der Waals surface area contributed by atoms with E-state index in [1.165, 1.54) is 7.11 Å². The first kappa shape index (κ1) is 19.7. The molecule has 1 amide bonds. The van der Waals surface area contributed by atoms with Gasteiger partial charge in [-0.3, -0.25) is 4.79 Å². The maximum absolute atomic E-state index is 12.4. The Balaban J connectivity index is 1.50. The number of carbonyl (C=O) groups is 2. The van der Waals surface area contributed by atoms with Crippen molar-refractivity contribution in [3.63, 3.8) is 0 Å². The zero-order valence-electron chi connectivity index (χ0n) is 15.9. The molecule has 1 aliphatic rings. The van der Waals surface area contributed by atoms with Crippen LogP contribution in [0.3, 0.4) is 0 Å². The molecule has 0 atom stereocenters. The molecule has 28 heavy (non-hydrogen) atoms. The minimum absolute atomic E-state index is 0.0561. The van der Waals surface area contributed by atoms with E-state index in [2.05, 4.69) is 20.3 Å². The lowest BCUT2D eigenvalue weighted by Crippen LogP contribution is -2.36. The van der Waals surface area contributed by atoms with E-state index in [0.29, 0.717) is 31.7 Å². The van der Waals surface area contributed by atoms with Crippen molar-refractivity contribution in [2.75, 3.05) is 55.5 Å². The van der Waals surface area contributed by atoms with Gasteiger partial charge in [-0.15, -0.1) is 0 Å². The van der Waals surface area contributed by atoms with Crippen LogP contribution in [0.5, 0.6) is 0 Å². The maximum Gasteiger partial charge on any atom is 0.337 e. The van der Waals surface area contributed by atoms with Crippen molar-refractivity contribution in [1.29, 1.82) is 0 Å². The van der Waals surface area contributed by atoms with E-state index < -0.39 is 0 Å². The Morgan fingerprint density at radius 3 is 2.50 bits per heavy atom. The highest BCUT2D eigenvalue weighted by Crippen LogP contribution is 2.26. The molecule has 0 aromatic heterocycles. The SMILES string of the molecule is COC(=O)c1ccc(NCCC(=O)Nc2ccccc2N2CCOCC2)cc1. The molecule has 0 spiro atoms. The van der Waals surface area contributed by atoms with Crippen LogP contribution in [-0.2, 0) is 14.3 Å². The number of anilines is 3. The molecular weight excluding hydrogens is 358 g/mol. The van der Waals surface area contributed by atoms with E-state index >= 15 is 0 Å². The molecule has 3 rings (SSSR count). The van der Waals surface area contributed by atoms with Gasteiger partial charge < -0.3 is 25.0 Å². The molecule has 2 aromatic rings. The average molecular weight is 383 g/mol. The number of benzene rings is 2. The maximum atomic E-state index is 12.4. The van der Waals surface area contributed by atoms with Gasteiger partial charge in [-0.2, -0.15) is 0 Å². The topological polar surface area (TPSA) is 79.9 Å². The van der Waals surface area contributed by atoms with Gasteiger partial charge in [-0.25, -0.2) is 4.79 Å². The molecule has 2 N–H and O–H groups in total. The Kier molecular flexibility index (Phi) is 6.86. The highest BCUT2D eigenvalue weighted by Gasteiger charge is 2.15. The van der Waals surface area contributed by atoms with E-state index in [0.717, 1.165) is 30.2 Å². The molecule has 0 unspecified atom stereocenters. The fraction of sp³-hybridized carbons (Fsp3) is 0.333. The van der Waals surface area contributed by atoms with Gasteiger partial charge in [-0.1, -0.05) is 12.1 Å². The minimum Gasteiger partial charge on any atom is -0.465 e. The second kappa shape index (κ2) is 9.75. The van der Waals surface area contributed by atoms with E-state index in [4.69, 9.17) is 4.74 Å². The molecule has 0 aliphatic carbocycles. The third kappa shape index (κ3) is 5.23. The Bertz CT molecular complexity index is 802. The van der Waals surface area contributed by atoms with Crippen molar-refractivity contribution in [1.82, 2.24) is 0 Å². The van der Waals surface area contributed by atoms with Gasteiger partial charge >= 0.3 is 5.97 Å². The summed E-state index contributed by atoms with van der Waals surface area (Å²) >= 11 is 0. The van der Waals surface area contributed by atoms with Gasteiger partial charge in [0.25, 0.3) is 0 Å². The first-order valence-electron chi connectivity index (χ1n) is 9.31. The molecule has 0 bridgehead atoms. The third-order valence-electron chi connectivity index (χ3n) is 4.52. The fourth-order valence-electron chi connectivity index (χ4n) is 3.03. The number of rotatable bonds is 7. The molecule has 7 nitrogen and oxygen atoms in total. The first-order valence-corrected chi connectivity index (χ1v) is 9.31. The molecule has 2 aromatic carbocycles. The van der Waals surface area contributed by atoms with Gasteiger partial charge in [0, 0.05) is 31.7 Å². The summed E-state index contributed by atoms with van der Waals surface area (Å²) < 4.78 is 10.1. The van der Waals surface area contributed by atoms with Gasteiger partial charge in [0.05, 0.1) is 37.3 Å². The second-order valence-corrected chi connectivity index (χ2v) is 6.41. The van der Waals surface area contributed by atoms with E-state index in [9.17, 15) is 9.59 Å². The summed E-state index contributed by atoms with van der Waals surface area (Å²) in [7, 11) is 1.35. The molecule has 1 saturated heterocycles. The van der Waals surface area contributed by atoms with E-state index in [1.807, 2.05) is 24.3 Å². The number of esters is 1. The van der Waals surface area contributed by atoms with Crippen molar-refractivity contribution >= 4 is 28.9 Å². The van der Waals surface area contributed by atoms with E-state index in [1.54, 1.807) is 24.3 Å². The highest BCUT2D eigenvalue weighted by molar-refractivity contribution is 5.94. The summed E-state index contributed by atoms with van der Waals surface area (Å²) in [6, 6.07) is 14.8. The smallest absolute Gasteiger partial charge is 0.337 e. The van der Waals surface area contributed by atoms with Gasteiger partial charge in [0.2, 0.25) is 5.91 Å². The number of methoxy groups -OCH3 is 1. The molecule has 148 valence electrons. The average Bonchev–Trinajstić information content (AvgIpc) is 2.74. The molecular formula is C21H25N3O4. The number of morpholine rings is 1. The summed E-state index contributed by atoms with van der Waals surface area (Å²) in [6.07, 6.45) is 0.330. The van der Waals surface area contributed by atoms with Crippen molar-refractivity contribution < 1.29 is 19.1 Å². The molecule has 1 fully saturated rings. The molecule has 7 heteroatoms. The summed E-state index contributed by atoms with van der Waals surface area (Å²) in [5.41, 5.74) is 3.17. The number of ether oxygens (including phenoxy) is 2. The van der Waals surface area contributed by atoms with Gasteiger partial charge in [0.1, 0.15) is 0 Å². The minimum atomic E-state index is -0.370. The predicted molar refractivity (Wildman–Crippen MR) is 109 cm³/mol. The number of hydrogen-bond donors (Lipinski definition) is 2. The van der Waals surface area contributed by atoms with Crippen LogP contribution < -0.4 is 15.5 Å². The lowest BCUT2D eigenvalue weighted by Gasteiger charge is -2.30. The van der Waals surface area contributed by atoms with Crippen LogP contribution in [0, 0.1) is 0 Å². The van der Waals surface area contributed by atoms with Crippen molar-refractivity contribution in [2.24, 2.45) is 0 Å². The second-order valence-electron chi connectivity index (χ2n) is 6.41. The lowest BCUT2D eigenvalue weighted by molar-refractivity contribution is -0.115. The van der Waals surface area contributed by atoms with Crippen molar-refractivity contribution in [3.05, 3.63) is 54.1 Å². The predicted octanol–water partition coefficient (Wildman–Crippen LogP) is 2.75. The molecule has 1 aliphatic heterocycles. The van der Waals surface area contributed by atoms with Crippen LogP contribution in [-0.4, -0.2) is 51.8 Å². The Morgan fingerprint density at radius 1 is 1.07 bits per heavy atom. The first-order chi connectivity index (χ1) is 13.7. The Hall–Kier alpha value is -3.06. The normalized spacial score (nSPS) is 13.7. The number of nitrogens with zero attached hydrogens (tertiary/aromatic N) is 1. The monoisotopic (exact) mass is 383 g/mol. The standard InChI is InChI=1S/C21H25N3O4/c1-27-21(26)16-6-8-17(9-7-16)22-11-10-20(25)23-18-4-2-3-5-19(18)24-12-14-28-15-13-24/h2-9,22H,10-15H2,1H3,(H,23,25). The fourth-order valence-corrected chi connectivity index (χ4v) is 3.03. The van der Waals surface area contributed by atoms with Crippen LogP contribution in [0.4, 0.5) is 17.1 Å². The third-order valence-corrected chi connectivity index (χ3v) is 4.52. The quantitative estimate of drug-likeness (QED) is 0.716. The molecule has 1 heterocycles.